The van der Waals surface area contributed by atoms with Crippen LogP contribution in [0.2, 0.25) is 0 Å². The average molecular weight is 219 g/mol. The summed E-state index contributed by atoms with van der Waals surface area (Å²) in [6.45, 7) is 0. The molecule has 4 nitrogen and oxygen atoms in total. The summed E-state index contributed by atoms with van der Waals surface area (Å²) < 4.78 is 21.6. The minimum absolute atomic E-state index is 0.0822. The molecule has 72 valence electrons. The number of rotatable bonds is 4. The summed E-state index contributed by atoms with van der Waals surface area (Å²) in [5.41, 5.74) is 0. The van der Waals surface area contributed by atoms with Gasteiger partial charge in [-0.05, 0) is 0 Å². The van der Waals surface area contributed by atoms with E-state index in [4.69, 9.17) is 0 Å². The van der Waals surface area contributed by atoms with Crippen molar-refractivity contribution < 1.29 is 13.2 Å². The third-order valence-corrected chi connectivity index (χ3v) is 3.30. The fraction of sp³-hybridized carbons (Fsp3) is 0.429. The Labute approximate surface area is 80.5 Å². The number of thiazole rings is 1. The lowest BCUT2D eigenvalue weighted by atomic mass is 10.5. The highest BCUT2D eigenvalue weighted by Gasteiger charge is 2.06. The maximum atomic E-state index is 10.8. The lowest BCUT2D eigenvalue weighted by Gasteiger charge is -1.93. The highest BCUT2D eigenvalue weighted by molar-refractivity contribution is 7.90. The Morgan fingerprint density at radius 2 is 2.31 bits per heavy atom. The fourth-order valence-electron chi connectivity index (χ4n) is 0.767. The van der Waals surface area contributed by atoms with Crippen molar-refractivity contribution in [2.75, 3.05) is 12.0 Å². The molecular weight excluding hydrogens is 210 g/mol. The largest absolute Gasteiger partial charge is 0.297 e. The zero-order chi connectivity index (χ0) is 9.90. The second-order valence-corrected chi connectivity index (χ2v) is 6.06. The number of hydrogen-bond acceptors (Lipinski definition) is 5. The molecular formula is C7H9NO3S2. The molecule has 1 rings (SSSR count). The van der Waals surface area contributed by atoms with E-state index in [1.54, 1.807) is 0 Å². The maximum absolute atomic E-state index is 10.8. The van der Waals surface area contributed by atoms with E-state index in [9.17, 15) is 13.2 Å². The van der Waals surface area contributed by atoms with Gasteiger partial charge in [0.1, 0.15) is 9.84 Å². The highest BCUT2D eigenvalue weighted by Crippen LogP contribution is 2.11. The van der Waals surface area contributed by atoms with Crippen LogP contribution < -0.4 is 0 Å². The van der Waals surface area contributed by atoms with Crippen LogP contribution >= 0.6 is 11.3 Å². The van der Waals surface area contributed by atoms with Gasteiger partial charge in [0.05, 0.1) is 15.6 Å². The molecule has 0 aliphatic rings. The Kier molecular flexibility index (Phi) is 3.16. The normalized spacial score (nSPS) is 11.5. The van der Waals surface area contributed by atoms with Crippen molar-refractivity contribution in [1.29, 1.82) is 0 Å². The molecule has 0 radical (unpaired) electrons. The van der Waals surface area contributed by atoms with E-state index in [2.05, 4.69) is 4.98 Å². The van der Waals surface area contributed by atoms with Gasteiger partial charge in [0.15, 0.2) is 6.29 Å². The third-order valence-electron chi connectivity index (χ3n) is 1.37. The topological polar surface area (TPSA) is 64.1 Å². The SMILES string of the molecule is CS(=O)(=O)CCc1ncc(C=O)s1. The van der Waals surface area contributed by atoms with Crippen molar-refractivity contribution in [2.45, 2.75) is 6.42 Å². The molecule has 0 aliphatic carbocycles. The summed E-state index contributed by atoms with van der Waals surface area (Å²) in [5.74, 6) is 0.0822. The molecule has 0 N–H and O–H groups in total. The van der Waals surface area contributed by atoms with Crippen molar-refractivity contribution >= 4 is 27.5 Å². The van der Waals surface area contributed by atoms with Gasteiger partial charge in [0.25, 0.3) is 0 Å². The molecule has 6 heteroatoms. The molecule has 0 saturated carbocycles. The number of sulfone groups is 1. The summed E-state index contributed by atoms with van der Waals surface area (Å²) in [6, 6.07) is 0. The van der Waals surface area contributed by atoms with Gasteiger partial charge in [-0.25, -0.2) is 13.4 Å². The first-order chi connectivity index (χ1) is 6.01. The number of aromatic nitrogens is 1. The van der Waals surface area contributed by atoms with Gasteiger partial charge in [0.2, 0.25) is 0 Å². The molecule has 0 spiro atoms. The molecule has 0 bridgehead atoms. The van der Waals surface area contributed by atoms with Crippen molar-refractivity contribution in [3.63, 3.8) is 0 Å². The van der Waals surface area contributed by atoms with Crippen LogP contribution in [0.1, 0.15) is 14.7 Å². The Balaban J connectivity index is 2.60. The van der Waals surface area contributed by atoms with Crippen molar-refractivity contribution in [3.8, 4) is 0 Å². The maximum Gasteiger partial charge on any atom is 0.161 e. The van der Waals surface area contributed by atoms with Gasteiger partial charge in [0, 0.05) is 18.9 Å². The summed E-state index contributed by atoms with van der Waals surface area (Å²) >= 11 is 1.23. The van der Waals surface area contributed by atoms with Crippen LogP contribution in [0.5, 0.6) is 0 Å². The predicted octanol–water partition coefficient (Wildman–Crippen LogP) is 0.543. The summed E-state index contributed by atoms with van der Waals surface area (Å²) in [5, 5.41) is 0.688. The Morgan fingerprint density at radius 3 is 2.77 bits per heavy atom. The van der Waals surface area contributed by atoms with Crippen molar-refractivity contribution in [1.82, 2.24) is 4.98 Å². The van der Waals surface area contributed by atoms with Crippen molar-refractivity contribution in [3.05, 3.63) is 16.1 Å². The first kappa shape index (κ1) is 10.3. The van der Waals surface area contributed by atoms with E-state index in [1.807, 2.05) is 0 Å². The minimum atomic E-state index is -2.94. The number of hydrogen-bond donors (Lipinski definition) is 0. The number of carbonyl (C=O) groups excluding carboxylic acids is 1. The summed E-state index contributed by atoms with van der Waals surface area (Å²) in [4.78, 5) is 14.7. The van der Waals surface area contributed by atoms with Crippen LogP contribution in [-0.4, -0.2) is 31.7 Å². The Bertz CT molecular complexity index is 394. The van der Waals surface area contributed by atoms with Crippen LogP contribution in [0.25, 0.3) is 0 Å². The molecule has 0 aliphatic heterocycles. The van der Waals surface area contributed by atoms with Gasteiger partial charge in [-0.1, -0.05) is 0 Å². The van der Waals surface area contributed by atoms with Crippen molar-refractivity contribution in [2.24, 2.45) is 0 Å². The second kappa shape index (κ2) is 3.97. The van der Waals surface area contributed by atoms with Gasteiger partial charge >= 0.3 is 0 Å². The average Bonchev–Trinajstić information content (AvgIpc) is 2.47. The van der Waals surface area contributed by atoms with Crippen LogP contribution in [-0.2, 0) is 16.3 Å². The Hall–Kier alpha value is -0.750. The first-order valence-corrected chi connectivity index (χ1v) is 6.46. The molecule has 0 saturated heterocycles. The van der Waals surface area contributed by atoms with E-state index < -0.39 is 9.84 Å². The highest BCUT2D eigenvalue weighted by atomic mass is 32.2. The van der Waals surface area contributed by atoms with Crippen LogP contribution in [0.15, 0.2) is 6.20 Å². The van der Waals surface area contributed by atoms with Gasteiger partial charge in [-0.15, -0.1) is 11.3 Å². The lowest BCUT2D eigenvalue weighted by molar-refractivity contribution is 0.112. The summed E-state index contributed by atoms with van der Waals surface area (Å²) in [6.07, 6.45) is 3.73. The second-order valence-electron chi connectivity index (χ2n) is 2.65. The van der Waals surface area contributed by atoms with E-state index in [0.717, 1.165) is 0 Å². The Morgan fingerprint density at radius 1 is 1.62 bits per heavy atom. The molecule has 1 heterocycles. The molecule has 0 atom stereocenters. The molecule has 1 aromatic heterocycles. The third kappa shape index (κ3) is 3.65. The molecule has 13 heavy (non-hydrogen) atoms. The number of aryl methyl sites for hydroxylation is 1. The monoisotopic (exact) mass is 219 g/mol. The van der Waals surface area contributed by atoms with E-state index >= 15 is 0 Å². The molecule has 1 aromatic rings. The van der Waals surface area contributed by atoms with Crippen LogP contribution in [0, 0.1) is 0 Å². The number of nitrogens with zero attached hydrogens (tertiary/aromatic N) is 1. The number of carbonyl (C=O) groups is 1. The lowest BCUT2D eigenvalue weighted by Crippen LogP contribution is -2.05. The quantitative estimate of drug-likeness (QED) is 0.693. The van der Waals surface area contributed by atoms with E-state index in [0.29, 0.717) is 22.6 Å². The molecule has 0 fully saturated rings. The van der Waals surface area contributed by atoms with E-state index in [-0.39, 0.29) is 5.75 Å². The fourth-order valence-corrected chi connectivity index (χ4v) is 2.20. The van der Waals surface area contributed by atoms with Gasteiger partial charge in [-0.3, -0.25) is 4.79 Å². The molecule has 0 amide bonds. The standard InChI is InChI=1S/C7H9NO3S2/c1-13(10,11)3-2-7-8-4-6(5-9)12-7/h4-5H,2-3H2,1H3. The zero-order valence-electron chi connectivity index (χ0n) is 7.06. The molecule has 0 unspecified atom stereocenters. The minimum Gasteiger partial charge on any atom is -0.297 e. The summed E-state index contributed by atoms with van der Waals surface area (Å²) in [7, 11) is -2.94. The zero-order valence-corrected chi connectivity index (χ0v) is 8.69. The molecule has 0 aromatic carbocycles. The first-order valence-electron chi connectivity index (χ1n) is 3.59. The van der Waals surface area contributed by atoms with Crippen LogP contribution in [0.4, 0.5) is 0 Å². The predicted molar refractivity (Wildman–Crippen MR) is 50.9 cm³/mol. The number of aldehydes is 1. The van der Waals surface area contributed by atoms with E-state index in [1.165, 1.54) is 23.8 Å². The van der Waals surface area contributed by atoms with Gasteiger partial charge < -0.3 is 0 Å². The van der Waals surface area contributed by atoms with Crippen LogP contribution in [0.3, 0.4) is 0 Å². The van der Waals surface area contributed by atoms with Gasteiger partial charge in [-0.2, -0.15) is 0 Å². The smallest absolute Gasteiger partial charge is 0.161 e.